The number of halogens is 2. The lowest BCUT2D eigenvalue weighted by Gasteiger charge is -2.32. The Hall–Kier alpha value is -1.73. The molecule has 0 unspecified atom stereocenters. The maximum atomic E-state index is 13.3. The predicted octanol–water partition coefficient (Wildman–Crippen LogP) is 1.10. The third-order valence-corrected chi connectivity index (χ3v) is 3.82. The first kappa shape index (κ1) is 17.6. The Balaban J connectivity index is 1.58. The molecule has 128 valence electrons. The number of hydrogen-bond donors (Lipinski definition) is 1. The van der Waals surface area contributed by atoms with Crippen molar-refractivity contribution >= 4 is 5.91 Å². The number of hydrogen-bond acceptors (Lipinski definition) is 4. The van der Waals surface area contributed by atoms with E-state index in [9.17, 15) is 13.6 Å². The zero-order chi connectivity index (χ0) is 16.7. The maximum Gasteiger partial charge on any atom is 0.257 e. The van der Waals surface area contributed by atoms with Crippen molar-refractivity contribution in [2.75, 3.05) is 52.9 Å². The van der Waals surface area contributed by atoms with Crippen LogP contribution in [0, 0.1) is 11.6 Å². The first-order valence-corrected chi connectivity index (χ1v) is 7.80. The summed E-state index contributed by atoms with van der Waals surface area (Å²) in [5.74, 6) is -1.93. The second-order valence-electron chi connectivity index (χ2n) is 5.71. The number of piperazine rings is 1. The van der Waals surface area contributed by atoms with E-state index in [0.717, 1.165) is 51.3 Å². The van der Waals surface area contributed by atoms with Crippen LogP contribution in [-0.4, -0.2) is 68.6 Å². The molecule has 1 amide bonds. The van der Waals surface area contributed by atoms with E-state index in [1.165, 1.54) is 6.07 Å². The predicted molar refractivity (Wildman–Crippen MR) is 83.4 cm³/mol. The van der Waals surface area contributed by atoms with Gasteiger partial charge in [-0.1, -0.05) is 0 Å². The molecule has 1 heterocycles. The fraction of sp³-hybridized carbons (Fsp3) is 0.562. The Kier molecular flexibility index (Phi) is 6.73. The minimum atomic E-state index is -0.812. The van der Waals surface area contributed by atoms with Crippen molar-refractivity contribution in [2.24, 2.45) is 0 Å². The Morgan fingerprint density at radius 1 is 1.26 bits per heavy atom. The topological polar surface area (TPSA) is 44.8 Å². The van der Waals surface area contributed by atoms with Gasteiger partial charge >= 0.3 is 0 Å². The average Bonchev–Trinajstić information content (AvgIpc) is 2.52. The van der Waals surface area contributed by atoms with Gasteiger partial charge in [-0.05, 0) is 32.1 Å². The fourth-order valence-corrected chi connectivity index (χ4v) is 2.39. The molecule has 1 aromatic carbocycles. The van der Waals surface area contributed by atoms with Gasteiger partial charge in [0.2, 0.25) is 0 Å². The number of rotatable bonds is 7. The van der Waals surface area contributed by atoms with Crippen molar-refractivity contribution in [3.05, 3.63) is 29.8 Å². The number of nitrogens with one attached hydrogen (secondary N) is 1. The highest BCUT2D eigenvalue weighted by atomic mass is 19.1. The highest BCUT2D eigenvalue weighted by Gasteiger charge is 2.13. The van der Waals surface area contributed by atoms with E-state index >= 15 is 0 Å². The van der Waals surface area contributed by atoms with Crippen molar-refractivity contribution in [3.8, 4) is 5.75 Å². The van der Waals surface area contributed by atoms with Crippen LogP contribution in [0.15, 0.2) is 18.2 Å². The summed E-state index contributed by atoms with van der Waals surface area (Å²) < 4.78 is 31.1. The molecule has 1 saturated heterocycles. The summed E-state index contributed by atoms with van der Waals surface area (Å²) >= 11 is 0. The summed E-state index contributed by atoms with van der Waals surface area (Å²) in [5, 5.41) is 2.73. The molecule has 0 radical (unpaired) electrons. The van der Waals surface area contributed by atoms with Gasteiger partial charge in [-0.3, -0.25) is 4.79 Å². The molecule has 2 rings (SSSR count). The van der Waals surface area contributed by atoms with Gasteiger partial charge in [0.05, 0.1) is 0 Å². The van der Waals surface area contributed by atoms with Crippen LogP contribution in [0.2, 0.25) is 0 Å². The number of benzene rings is 1. The molecular formula is C16H23F2N3O2. The molecule has 0 aliphatic carbocycles. The van der Waals surface area contributed by atoms with Crippen LogP contribution < -0.4 is 10.1 Å². The molecular weight excluding hydrogens is 304 g/mol. The normalized spacial score (nSPS) is 16.3. The highest BCUT2D eigenvalue weighted by Crippen LogP contribution is 2.17. The number of amides is 1. The number of ether oxygens (including phenoxy) is 1. The quantitative estimate of drug-likeness (QED) is 0.762. The molecule has 0 aromatic heterocycles. The van der Waals surface area contributed by atoms with Crippen LogP contribution in [0.4, 0.5) is 8.78 Å². The van der Waals surface area contributed by atoms with E-state index in [4.69, 9.17) is 4.74 Å². The minimum Gasteiger partial charge on any atom is -0.481 e. The monoisotopic (exact) mass is 327 g/mol. The van der Waals surface area contributed by atoms with E-state index in [-0.39, 0.29) is 18.3 Å². The number of likely N-dealkylation sites (N-methyl/N-ethyl adjacent to an activating group) is 1. The Morgan fingerprint density at radius 2 is 2.00 bits per heavy atom. The van der Waals surface area contributed by atoms with Crippen LogP contribution in [0.25, 0.3) is 0 Å². The summed E-state index contributed by atoms with van der Waals surface area (Å²) in [6.07, 6.45) is 0.861. The first-order chi connectivity index (χ1) is 11.0. The molecule has 1 N–H and O–H groups in total. The molecule has 23 heavy (non-hydrogen) atoms. The van der Waals surface area contributed by atoms with Gasteiger partial charge in [-0.25, -0.2) is 8.78 Å². The summed E-state index contributed by atoms with van der Waals surface area (Å²) in [6, 6.07) is 2.99. The molecule has 1 aromatic rings. The average molecular weight is 327 g/mol. The second kappa shape index (κ2) is 8.79. The van der Waals surface area contributed by atoms with Crippen LogP contribution >= 0.6 is 0 Å². The summed E-state index contributed by atoms with van der Waals surface area (Å²) in [5.41, 5.74) is 0. The van der Waals surface area contributed by atoms with Crippen LogP contribution in [0.5, 0.6) is 5.75 Å². The van der Waals surface area contributed by atoms with E-state index in [0.29, 0.717) is 6.54 Å². The zero-order valence-corrected chi connectivity index (χ0v) is 13.4. The van der Waals surface area contributed by atoms with Crippen molar-refractivity contribution in [1.82, 2.24) is 15.1 Å². The number of carbonyl (C=O) groups excluding carboxylic acids is 1. The number of nitrogens with zero attached hydrogens (tertiary/aromatic N) is 2. The molecule has 7 heteroatoms. The third kappa shape index (κ3) is 6.11. The molecule has 0 spiro atoms. The standard InChI is InChI=1S/C16H23F2N3O2/c1-20-7-9-21(10-8-20)6-2-5-19-16(22)12-23-15-4-3-13(17)11-14(15)18/h3-4,11H,2,5-10,12H2,1H3,(H,19,22). The van der Waals surface area contributed by atoms with E-state index in [2.05, 4.69) is 22.2 Å². The van der Waals surface area contributed by atoms with Gasteiger partial charge in [0.1, 0.15) is 5.82 Å². The van der Waals surface area contributed by atoms with Crippen molar-refractivity contribution in [1.29, 1.82) is 0 Å². The third-order valence-electron chi connectivity index (χ3n) is 3.82. The van der Waals surface area contributed by atoms with E-state index < -0.39 is 11.6 Å². The van der Waals surface area contributed by atoms with Crippen molar-refractivity contribution in [2.45, 2.75) is 6.42 Å². The maximum absolute atomic E-state index is 13.3. The lowest BCUT2D eigenvalue weighted by molar-refractivity contribution is -0.123. The minimum absolute atomic E-state index is 0.126. The van der Waals surface area contributed by atoms with Crippen molar-refractivity contribution < 1.29 is 18.3 Å². The Labute approximate surface area is 135 Å². The van der Waals surface area contributed by atoms with Crippen LogP contribution in [-0.2, 0) is 4.79 Å². The molecule has 0 atom stereocenters. The van der Waals surface area contributed by atoms with Gasteiger partial charge in [0.15, 0.2) is 18.2 Å². The SMILES string of the molecule is CN1CCN(CCCNC(=O)COc2ccc(F)cc2F)CC1. The van der Waals surface area contributed by atoms with E-state index in [1.54, 1.807) is 0 Å². The fourth-order valence-electron chi connectivity index (χ4n) is 2.39. The molecule has 5 nitrogen and oxygen atoms in total. The summed E-state index contributed by atoms with van der Waals surface area (Å²) in [4.78, 5) is 16.3. The molecule has 1 aliphatic heterocycles. The van der Waals surface area contributed by atoms with Gasteiger partial charge in [0.25, 0.3) is 5.91 Å². The largest absolute Gasteiger partial charge is 0.481 e. The Morgan fingerprint density at radius 3 is 2.70 bits per heavy atom. The lowest BCUT2D eigenvalue weighted by atomic mass is 10.3. The lowest BCUT2D eigenvalue weighted by Crippen LogP contribution is -2.45. The first-order valence-electron chi connectivity index (χ1n) is 7.80. The summed E-state index contributed by atoms with van der Waals surface area (Å²) in [7, 11) is 2.11. The van der Waals surface area contributed by atoms with Crippen LogP contribution in [0.3, 0.4) is 0 Å². The zero-order valence-electron chi connectivity index (χ0n) is 13.4. The molecule has 1 aliphatic rings. The second-order valence-corrected chi connectivity index (χ2v) is 5.71. The number of carbonyl (C=O) groups is 1. The highest BCUT2D eigenvalue weighted by molar-refractivity contribution is 5.77. The smallest absolute Gasteiger partial charge is 0.257 e. The van der Waals surface area contributed by atoms with Gasteiger partial charge in [0, 0.05) is 38.8 Å². The van der Waals surface area contributed by atoms with Crippen LogP contribution in [0.1, 0.15) is 6.42 Å². The van der Waals surface area contributed by atoms with E-state index in [1.807, 2.05) is 0 Å². The van der Waals surface area contributed by atoms with Gasteiger partial charge in [-0.15, -0.1) is 0 Å². The molecule has 0 saturated carbocycles. The van der Waals surface area contributed by atoms with Gasteiger partial charge in [-0.2, -0.15) is 0 Å². The van der Waals surface area contributed by atoms with Gasteiger partial charge < -0.3 is 19.9 Å². The van der Waals surface area contributed by atoms with Crippen molar-refractivity contribution in [3.63, 3.8) is 0 Å². The molecule has 0 bridgehead atoms. The summed E-state index contributed by atoms with van der Waals surface area (Å²) in [6.45, 7) is 5.47. The Bertz CT molecular complexity index is 520. The molecule has 1 fully saturated rings.